The molecule has 0 aliphatic rings. The zero-order valence-electron chi connectivity index (χ0n) is 16.2. The van der Waals surface area contributed by atoms with Crippen molar-refractivity contribution in [2.45, 2.75) is 32.7 Å². The van der Waals surface area contributed by atoms with E-state index in [0.717, 1.165) is 0 Å². The number of benzene rings is 1. The summed E-state index contributed by atoms with van der Waals surface area (Å²) in [6, 6.07) is 2.28. The molecule has 0 heterocycles. The van der Waals surface area contributed by atoms with Gasteiger partial charge in [0.2, 0.25) is 0 Å². The number of aliphatic hydroxyl groups is 1. The molecular formula is C18H28N2O7. The van der Waals surface area contributed by atoms with E-state index in [1.165, 1.54) is 26.4 Å². The molecule has 0 aromatic heterocycles. The van der Waals surface area contributed by atoms with Gasteiger partial charge in [-0.1, -0.05) is 13.8 Å². The number of rotatable bonds is 12. The Kier molecular flexibility index (Phi) is 9.52. The fourth-order valence-corrected chi connectivity index (χ4v) is 2.54. The molecule has 0 fully saturated rings. The third-order valence-corrected chi connectivity index (χ3v) is 4.09. The van der Waals surface area contributed by atoms with E-state index in [9.17, 15) is 20.0 Å². The highest BCUT2D eigenvalue weighted by Gasteiger charge is 2.26. The number of nitro benzene ring substituents is 1. The topological polar surface area (TPSA) is 120 Å². The van der Waals surface area contributed by atoms with Gasteiger partial charge in [0, 0.05) is 25.8 Å². The van der Waals surface area contributed by atoms with Gasteiger partial charge in [0.1, 0.15) is 12.2 Å². The summed E-state index contributed by atoms with van der Waals surface area (Å²) in [6.45, 7) is 4.27. The maximum atomic E-state index is 12.7. The van der Waals surface area contributed by atoms with Gasteiger partial charge >= 0.3 is 0 Å². The van der Waals surface area contributed by atoms with Gasteiger partial charge in [0.25, 0.3) is 11.6 Å². The maximum absolute atomic E-state index is 12.7. The molecule has 0 saturated heterocycles. The van der Waals surface area contributed by atoms with Crippen molar-refractivity contribution in [2.24, 2.45) is 5.92 Å². The highest BCUT2D eigenvalue weighted by molar-refractivity contribution is 5.99. The van der Waals surface area contributed by atoms with Crippen LogP contribution in [0.25, 0.3) is 0 Å². The van der Waals surface area contributed by atoms with Crippen LogP contribution in [0.1, 0.15) is 37.0 Å². The molecule has 27 heavy (non-hydrogen) atoms. The van der Waals surface area contributed by atoms with Crippen LogP contribution in [-0.2, 0) is 4.74 Å². The zero-order valence-corrected chi connectivity index (χ0v) is 16.2. The average molecular weight is 384 g/mol. The van der Waals surface area contributed by atoms with E-state index < -0.39 is 10.8 Å². The van der Waals surface area contributed by atoms with Gasteiger partial charge in [-0.2, -0.15) is 0 Å². The Morgan fingerprint density at radius 2 is 2.00 bits per heavy atom. The molecule has 0 spiro atoms. The van der Waals surface area contributed by atoms with Crippen LogP contribution in [0, 0.1) is 16.0 Å². The van der Waals surface area contributed by atoms with Crippen LogP contribution in [0.4, 0.5) is 5.69 Å². The molecule has 152 valence electrons. The van der Waals surface area contributed by atoms with Crippen molar-refractivity contribution < 1.29 is 29.0 Å². The molecule has 0 aliphatic carbocycles. The smallest absolute Gasteiger partial charge is 0.286 e. The Bertz CT molecular complexity index is 636. The van der Waals surface area contributed by atoms with Crippen LogP contribution in [-0.4, -0.2) is 56.0 Å². The molecule has 0 saturated carbocycles. The van der Waals surface area contributed by atoms with Gasteiger partial charge in [-0.25, -0.2) is 0 Å². The Hall–Kier alpha value is -2.39. The minimum absolute atomic E-state index is 0.00779. The Morgan fingerprint density at radius 3 is 2.52 bits per heavy atom. The molecule has 1 rings (SSSR count). The minimum Gasteiger partial charge on any atom is -0.493 e. The molecule has 0 radical (unpaired) electrons. The fraction of sp³-hybridized carbons (Fsp3) is 0.611. The van der Waals surface area contributed by atoms with Gasteiger partial charge in [-0.05, 0) is 18.8 Å². The van der Waals surface area contributed by atoms with E-state index in [2.05, 4.69) is 5.32 Å². The summed E-state index contributed by atoms with van der Waals surface area (Å²) in [4.78, 5) is 23.5. The van der Waals surface area contributed by atoms with E-state index >= 15 is 0 Å². The zero-order chi connectivity index (χ0) is 20.4. The van der Waals surface area contributed by atoms with Crippen molar-refractivity contribution in [3.8, 4) is 11.5 Å². The lowest BCUT2D eigenvalue weighted by atomic mass is 10.00. The molecule has 9 nitrogen and oxygen atoms in total. The molecule has 0 aliphatic heterocycles. The van der Waals surface area contributed by atoms with E-state index in [0.29, 0.717) is 19.4 Å². The number of hydrogen-bond acceptors (Lipinski definition) is 7. The molecule has 1 amide bonds. The number of hydrogen-bond donors (Lipinski definition) is 2. The first-order valence-electron chi connectivity index (χ1n) is 8.77. The van der Waals surface area contributed by atoms with Crippen molar-refractivity contribution in [3.63, 3.8) is 0 Å². The number of nitrogens with one attached hydrogen (secondary N) is 1. The Balaban J connectivity index is 3.12. The highest BCUT2D eigenvalue weighted by Crippen LogP contribution is 2.35. The van der Waals surface area contributed by atoms with Crippen LogP contribution in [0.5, 0.6) is 11.5 Å². The summed E-state index contributed by atoms with van der Waals surface area (Å²) in [5.74, 6) is -0.172. The number of amides is 1. The number of carbonyl (C=O) groups excluding carboxylic acids is 1. The van der Waals surface area contributed by atoms with Crippen LogP contribution in [0.2, 0.25) is 0 Å². The first-order chi connectivity index (χ1) is 12.9. The van der Waals surface area contributed by atoms with Gasteiger partial charge in [0.05, 0.1) is 24.7 Å². The van der Waals surface area contributed by atoms with Crippen LogP contribution in [0.15, 0.2) is 12.1 Å². The van der Waals surface area contributed by atoms with E-state index in [1.807, 2.05) is 13.8 Å². The second-order valence-electron chi connectivity index (χ2n) is 6.22. The number of methoxy groups -OCH3 is 2. The monoisotopic (exact) mass is 384 g/mol. The molecule has 2 unspecified atom stereocenters. The standard InChI is InChI=1S/C18H28N2O7/c1-5-13(8-12(2)11-21)19-18(22)14-9-16(26-4)17(27-7-6-25-3)10-15(14)20(23)24/h9-10,12-13,21H,5-8,11H2,1-4H3,(H,19,22). The summed E-state index contributed by atoms with van der Waals surface area (Å²) >= 11 is 0. The van der Waals surface area contributed by atoms with Gasteiger partial charge in [-0.15, -0.1) is 0 Å². The fourth-order valence-electron chi connectivity index (χ4n) is 2.54. The van der Waals surface area contributed by atoms with Crippen LogP contribution >= 0.6 is 0 Å². The minimum atomic E-state index is -0.630. The first-order valence-corrected chi connectivity index (χ1v) is 8.77. The molecule has 1 aromatic rings. The summed E-state index contributed by atoms with van der Waals surface area (Å²) in [7, 11) is 2.90. The van der Waals surface area contributed by atoms with Crippen LogP contribution in [0.3, 0.4) is 0 Å². The predicted molar refractivity (Wildman–Crippen MR) is 99.4 cm³/mol. The highest BCUT2D eigenvalue weighted by atomic mass is 16.6. The number of carbonyl (C=O) groups is 1. The number of nitrogens with zero attached hydrogens (tertiary/aromatic N) is 1. The quantitative estimate of drug-likeness (QED) is 0.322. The third kappa shape index (κ3) is 6.69. The molecule has 0 bridgehead atoms. The van der Waals surface area contributed by atoms with Crippen molar-refractivity contribution in [1.29, 1.82) is 0 Å². The summed E-state index contributed by atoms with van der Waals surface area (Å²) < 4.78 is 15.6. The van der Waals surface area contributed by atoms with E-state index in [1.54, 1.807) is 0 Å². The summed E-state index contributed by atoms with van der Waals surface area (Å²) in [5.41, 5.74) is -0.475. The van der Waals surface area contributed by atoms with Crippen molar-refractivity contribution >= 4 is 11.6 Å². The summed E-state index contributed by atoms with van der Waals surface area (Å²) in [6.07, 6.45) is 1.21. The number of ether oxygens (including phenoxy) is 3. The molecule has 1 aromatic carbocycles. The molecular weight excluding hydrogens is 356 g/mol. The third-order valence-electron chi connectivity index (χ3n) is 4.09. The largest absolute Gasteiger partial charge is 0.493 e. The average Bonchev–Trinajstić information content (AvgIpc) is 2.66. The first kappa shape index (κ1) is 22.7. The van der Waals surface area contributed by atoms with E-state index in [-0.39, 0.29) is 47.9 Å². The maximum Gasteiger partial charge on any atom is 0.286 e. The van der Waals surface area contributed by atoms with Gasteiger partial charge < -0.3 is 24.6 Å². The second-order valence-corrected chi connectivity index (χ2v) is 6.22. The van der Waals surface area contributed by atoms with Gasteiger partial charge in [0.15, 0.2) is 11.5 Å². The Labute approximate surface area is 158 Å². The molecule has 2 N–H and O–H groups in total. The molecule has 2 atom stereocenters. The van der Waals surface area contributed by atoms with E-state index in [4.69, 9.17) is 14.2 Å². The summed E-state index contributed by atoms with van der Waals surface area (Å²) in [5, 5.41) is 23.4. The lowest BCUT2D eigenvalue weighted by Crippen LogP contribution is -2.36. The van der Waals surface area contributed by atoms with Crippen molar-refractivity contribution in [1.82, 2.24) is 5.32 Å². The lowest BCUT2D eigenvalue weighted by Gasteiger charge is -2.20. The van der Waals surface area contributed by atoms with Crippen molar-refractivity contribution in [2.75, 3.05) is 34.0 Å². The number of aliphatic hydroxyl groups excluding tert-OH is 1. The predicted octanol–water partition coefficient (Wildman–Crippen LogP) is 2.16. The van der Waals surface area contributed by atoms with Crippen LogP contribution < -0.4 is 14.8 Å². The Morgan fingerprint density at radius 1 is 1.30 bits per heavy atom. The lowest BCUT2D eigenvalue weighted by molar-refractivity contribution is -0.385. The normalized spacial score (nSPS) is 12.9. The number of nitro groups is 1. The van der Waals surface area contributed by atoms with Crippen molar-refractivity contribution in [3.05, 3.63) is 27.8 Å². The molecule has 9 heteroatoms. The SMILES string of the molecule is CCC(CC(C)CO)NC(=O)c1cc(OC)c(OCCOC)cc1[N+](=O)[O-]. The second kappa shape index (κ2) is 11.3. The van der Waals surface area contributed by atoms with Gasteiger partial charge in [-0.3, -0.25) is 14.9 Å².